The predicted octanol–water partition coefficient (Wildman–Crippen LogP) is 16.0. The molecule has 0 aromatic heterocycles. The van der Waals surface area contributed by atoms with E-state index in [9.17, 15) is 34.2 Å². The summed E-state index contributed by atoms with van der Waals surface area (Å²) in [6, 6.07) is -1.23. The van der Waals surface area contributed by atoms with Gasteiger partial charge in [-0.1, -0.05) is 246 Å². The third-order valence-corrected chi connectivity index (χ3v) is 13.6. The van der Waals surface area contributed by atoms with E-state index in [1.807, 2.05) is 0 Å². The molecular weight excluding hydrogens is 881 g/mol. The van der Waals surface area contributed by atoms with Crippen molar-refractivity contribution < 1.29 is 43.7 Å². The molecule has 2 amide bonds. The molecule has 0 aromatic carbocycles. The standard InChI is InChI=1S/C59H110N2O9/c1-5-9-13-17-21-24-26-29-33-36-40-44-55(63)60-52(59(67)68)47-48-54(62)53(61-56(64)45-41-37-34-30-27-25-22-18-14-10-6-2)50-69-58(66)49-51(43-39-35-32-28-23-19-15-11-7-3)70-57(65)46-42-38-31-20-16-12-8-4/h50-52,54,62H,5-49H2,1-4H3,(H,60,63)(H,61,64)(H,67,68)/b53-50-. The summed E-state index contributed by atoms with van der Waals surface area (Å²) >= 11 is 0. The summed E-state index contributed by atoms with van der Waals surface area (Å²) in [6.45, 7) is 8.86. The van der Waals surface area contributed by atoms with Gasteiger partial charge in [-0.15, -0.1) is 0 Å². The van der Waals surface area contributed by atoms with Gasteiger partial charge in [-0.2, -0.15) is 0 Å². The van der Waals surface area contributed by atoms with Crippen molar-refractivity contribution in [3.63, 3.8) is 0 Å². The van der Waals surface area contributed by atoms with Crippen molar-refractivity contribution >= 4 is 29.7 Å². The molecule has 0 saturated heterocycles. The molecule has 0 radical (unpaired) electrons. The van der Waals surface area contributed by atoms with Gasteiger partial charge in [-0.25, -0.2) is 4.79 Å². The van der Waals surface area contributed by atoms with Crippen LogP contribution in [0.5, 0.6) is 0 Å². The van der Waals surface area contributed by atoms with Crippen molar-refractivity contribution in [3.8, 4) is 0 Å². The molecule has 0 aliphatic heterocycles. The summed E-state index contributed by atoms with van der Waals surface area (Å²) < 4.78 is 11.4. The molecule has 0 heterocycles. The van der Waals surface area contributed by atoms with E-state index in [1.165, 1.54) is 141 Å². The molecule has 11 nitrogen and oxygen atoms in total. The second-order valence-corrected chi connectivity index (χ2v) is 20.5. The molecule has 0 saturated carbocycles. The monoisotopic (exact) mass is 991 g/mol. The Morgan fingerprint density at radius 2 is 0.786 bits per heavy atom. The van der Waals surface area contributed by atoms with Crippen LogP contribution in [0.1, 0.15) is 317 Å². The van der Waals surface area contributed by atoms with Crippen molar-refractivity contribution in [2.45, 2.75) is 335 Å². The minimum Gasteiger partial charge on any atom is -0.480 e. The lowest BCUT2D eigenvalue weighted by Crippen LogP contribution is -2.41. The molecule has 0 bridgehead atoms. The average Bonchev–Trinajstić information content (AvgIpc) is 3.33. The molecular formula is C59H110N2O9. The molecule has 70 heavy (non-hydrogen) atoms. The topological polar surface area (TPSA) is 168 Å². The maximum absolute atomic E-state index is 13.4. The van der Waals surface area contributed by atoms with Gasteiger partial charge < -0.3 is 30.3 Å². The fraction of sp³-hybridized carbons (Fsp3) is 0.881. The molecule has 4 N–H and O–H groups in total. The van der Waals surface area contributed by atoms with Crippen molar-refractivity contribution in [1.29, 1.82) is 0 Å². The first-order valence-corrected chi connectivity index (χ1v) is 29.7. The van der Waals surface area contributed by atoms with Crippen molar-refractivity contribution in [3.05, 3.63) is 12.0 Å². The van der Waals surface area contributed by atoms with Crippen molar-refractivity contribution in [2.24, 2.45) is 0 Å². The number of rotatable bonds is 53. The second-order valence-electron chi connectivity index (χ2n) is 20.5. The first-order valence-electron chi connectivity index (χ1n) is 29.7. The van der Waals surface area contributed by atoms with Gasteiger partial charge in [0, 0.05) is 19.3 Å². The van der Waals surface area contributed by atoms with Crippen LogP contribution in [0.15, 0.2) is 12.0 Å². The van der Waals surface area contributed by atoms with E-state index in [4.69, 9.17) is 9.47 Å². The molecule has 0 rings (SSSR count). The van der Waals surface area contributed by atoms with Crippen LogP contribution in [0.3, 0.4) is 0 Å². The van der Waals surface area contributed by atoms with Crippen LogP contribution in [0.2, 0.25) is 0 Å². The van der Waals surface area contributed by atoms with Crippen LogP contribution in [0.4, 0.5) is 0 Å². The summed E-state index contributed by atoms with van der Waals surface area (Å²) in [5, 5.41) is 26.7. The molecule has 0 fully saturated rings. The SMILES string of the molecule is CCCCCCCCCCCCCC(=O)N/C(=C\OC(=O)CC(CCCCCCCCCCC)OC(=O)CCCCCCCCC)C(O)CCC(NC(=O)CCCCCCCCCCCCC)C(=O)O. The fourth-order valence-corrected chi connectivity index (χ4v) is 9.04. The summed E-state index contributed by atoms with van der Waals surface area (Å²) in [5.41, 5.74) is -0.0516. The largest absolute Gasteiger partial charge is 0.480 e. The number of carbonyl (C=O) groups is 5. The van der Waals surface area contributed by atoms with Gasteiger partial charge in [0.1, 0.15) is 18.4 Å². The minimum absolute atomic E-state index is 0.0516. The lowest BCUT2D eigenvalue weighted by Gasteiger charge is -2.20. The number of carbonyl (C=O) groups excluding carboxylic acids is 4. The Hall–Kier alpha value is -2.95. The minimum atomic E-state index is -1.38. The Bertz CT molecular complexity index is 1290. The normalized spacial score (nSPS) is 12.9. The number of aliphatic hydroxyl groups excluding tert-OH is 1. The fourth-order valence-electron chi connectivity index (χ4n) is 9.04. The Morgan fingerprint density at radius 1 is 0.429 bits per heavy atom. The number of carboxylic acid groups (broad SMARTS) is 1. The van der Waals surface area contributed by atoms with Gasteiger partial charge in [0.15, 0.2) is 0 Å². The average molecular weight is 992 g/mol. The maximum Gasteiger partial charge on any atom is 0.326 e. The number of hydrogen-bond acceptors (Lipinski definition) is 8. The molecule has 0 spiro atoms. The third kappa shape index (κ3) is 45.0. The van der Waals surface area contributed by atoms with E-state index in [-0.39, 0.29) is 55.6 Å². The van der Waals surface area contributed by atoms with Gasteiger partial charge in [0.25, 0.3) is 0 Å². The Kier molecular flexibility index (Phi) is 48.8. The highest BCUT2D eigenvalue weighted by Gasteiger charge is 2.24. The van der Waals surface area contributed by atoms with Gasteiger partial charge in [-0.3, -0.25) is 19.2 Å². The van der Waals surface area contributed by atoms with Gasteiger partial charge in [0.2, 0.25) is 11.8 Å². The number of nitrogens with one attached hydrogen (secondary N) is 2. The van der Waals surface area contributed by atoms with Gasteiger partial charge >= 0.3 is 17.9 Å². The number of ether oxygens (including phenoxy) is 2. The first kappa shape index (κ1) is 67.0. The summed E-state index contributed by atoms with van der Waals surface area (Å²) in [5.74, 6) is -2.87. The predicted molar refractivity (Wildman–Crippen MR) is 288 cm³/mol. The zero-order valence-corrected chi connectivity index (χ0v) is 45.9. The number of carboxylic acids is 1. The smallest absolute Gasteiger partial charge is 0.326 e. The number of aliphatic hydroxyl groups is 1. The Balaban J connectivity index is 5.56. The van der Waals surface area contributed by atoms with Crippen molar-refractivity contribution in [2.75, 3.05) is 0 Å². The summed E-state index contributed by atoms with van der Waals surface area (Å²) in [4.78, 5) is 64.6. The molecule has 11 heteroatoms. The number of esters is 2. The third-order valence-electron chi connectivity index (χ3n) is 13.6. The second kappa shape index (κ2) is 51.0. The van der Waals surface area contributed by atoms with Crippen LogP contribution in [-0.4, -0.2) is 58.2 Å². The van der Waals surface area contributed by atoms with Gasteiger partial charge in [0.05, 0.1) is 18.2 Å². The van der Waals surface area contributed by atoms with Crippen LogP contribution in [0, 0.1) is 0 Å². The Labute approximate surface area is 429 Å². The molecule has 410 valence electrons. The van der Waals surface area contributed by atoms with E-state index in [1.54, 1.807) is 0 Å². The number of amides is 2. The molecule has 3 atom stereocenters. The van der Waals surface area contributed by atoms with E-state index in [0.717, 1.165) is 96.2 Å². The highest BCUT2D eigenvalue weighted by atomic mass is 16.6. The van der Waals surface area contributed by atoms with E-state index in [2.05, 4.69) is 38.3 Å². The number of hydrogen-bond donors (Lipinski definition) is 4. The quantitative estimate of drug-likeness (QED) is 0.0263. The van der Waals surface area contributed by atoms with Crippen LogP contribution in [0.25, 0.3) is 0 Å². The summed E-state index contributed by atoms with van der Waals surface area (Å²) in [6.07, 6.45) is 43.0. The summed E-state index contributed by atoms with van der Waals surface area (Å²) in [7, 11) is 0. The maximum atomic E-state index is 13.4. The highest BCUT2D eigenvalue weighted by molar-refractivity contribution is 5.83. The van der Waals surface area contributed by atoms with Crippen LogP contribution < -0.4 is 10.6 Å². The van der Waals surface area contributed by atoms with Crippen LogP contribution in [-0.2, 0) is 33.4 Å². The highest BCUT2D eigenvalue weighted by Crippen LogP contribution is 2.19. The first-order chi connectivity index (χ1) is 34.1. The zero-order chi connectivity index (χ0) is 51.6. The van der Waals surface area contributed by atoms with E-state index >= 15 is 0 Å². The Morgan fingerprint density at radius 3 is 1.19 bits per heavy atom. The van der Waals surface area contributed by atoms with E-state index in [0.29, 0.717) is 25.7 Å². The molecule has 0 aliphatic carbocycles. The molecule has 3 unspecified atom stereocenters. The zero-order valence-electron chi connectivity index (χ0n) is 45.9. The number of unbranched alkanes of at least 4 members (excludes halogenated alkanes) is 34. The lowest BCUT2D eigenvalue weighted by atomic mass is 10.0. The van der Waals surface area contributed by atoms with E-state index < -0.39 is 30.2 Å². The van der Waals surface area contributed by atoms with Crippen molar-refractivity contribution in [1.82, 2.24) is 10.6 Å². The number of aliphatic carboxylic acids is 1. The van der Waals surface area contributed by atoms with Gasteiger partial charge in [-0.05, 0) is 44.9 Å². The molecule has 0 aromatic rings. The van der Waals surface area contributed by atoms with Crippen LogP contribution >= 0.6 is 0 Å². The lowest BCUT2D eigenvalue weighted by molar-refractivity contribution is -0.154. The molecule has 0 aliphatic rings.